The van der Waals surface area contributed by atoms with E-state index in [0.29, 0.717) is 24.9 Å². The molecule has 2 N–H and O–H groups in total. The van der Waals surface area contributed by atoms with E-state index >= 15 is 0 Å². The molecule has 0 aliphatic carbocycles. The molecule has 7 heteroatoms. The lowest BCUT2D eigenvalue weighted by molar-refractivity contribution is 0.0555. The van der Waals surface area contributed by atoms with E-state index in [-0.39, 0.29) is 12.6 Å². The minimum atomic E-state index is -0.0164. The van der Waals surface area contributed by atoms with Gasteiger partial charge in [0.1, 0.15) is 12.7 Å². The van der Waals surface area contributed by atoms with Crippen molar-refractivity contribution >= 4 is 0 Å². The van der Waals surface area contributed by atoms with Gasteiger partial charge >= 0.3 is 0 Å². The summed E-state index contributed by atoms with van der Waals surface area (Å²) in [6.07, 6.45) is 1.02. The van der Waals surface area contributed by atoms with E-state index in [0.717, 1.165) is 31.0 Å². The number of hydrogen-bond donors (Lipinski definition) is 1. The molecule has 124 valence electrons. The van der Waals surface area contributed by atoms with Crippen molar-refractivity contribution < 1.29 is 14.0 Å². The molecule has 0 saturated carbocycles. The third kappa shape index (κ3) is 4.00. The topological polar surface area (TPSA) is 86.6 Å². The maximum atomic E-state index is 6.02. The van der Waals surface area contributed by atoms with Crippen LogP contribution in [0.2, 0.25) is 0 Å². The third-order valence-electron chi connectivity index (χ3n) is 3.62. The van der Waals surface area contributed by atoms with Gasteiger partial charge in [0.25, 0.3) is 0 Å². The van der Waals surface area contributed by atoms with Crippen molar-refractivity contribution in [1.29, 1.82) is 0 Å². The van der Waals surface area contributed by atoms with Crippen molar-refractivity contribution in [3.05, 3.63) is 36.0 Å². The molecule has 1 aromatic heterocycles. The van der Waals surface area contributed by atoms with E-state index in [4.69, 9.17) is 19.7 Å². The zero-order valence-corrected chi connectivity index (χ0v) is 13.3. The van der Waals surface area contributed by atoms with Gasteiger partial charge in [-0.1, -0.05) is 24.2 Å². The third-order valence-corrected chi connectivity index (χ3v) is 3.62. The van der Waals surface area contributed by atoms with Crippen molar-refractivity contribution in [3.63, 3.8) is 0 Å². The van der Waals surface area contributed by atoms with Gasteiger partial charge in [0.15, 0.2) is 17.3 Å². The van der Waals surface area contributed by atoms with Crippen molar-refractivity contribution in [2.24, 2.45) is 5.73 Å². The van der Waals surface area contributed by atoms with Gasteiger partial charge in [-0.3, -0.25) is 4.90 Å². The lowest BCUT2D eigenvalue weighted by Crippen LogP contribution is -2.41. The Morgan fingerprint density at radius 3 is 2.87 bits per heavy atom. The number of hydrogen-bond acceptors (Lipinski definition) is 7. The van der Waals surface area contributed by atoms with E-state index < -0.39 is 0 Å². The molecule has 2 aromatic rings. The Balaban J connectivity index is 1.61. The van der Waals surface area contributed by atoms with Crippen molar-refractivity contribution in [1.82, 2.24) is 15.0 Å². The molecule has 1 atom stereocenters. The summed E-state index contributed by atoms with van der Waals surface area (Å²) in [6.45, 7) is 5.22. The summed E-state index contributed by atoms with van der Waals surface area (Å²) in [5.74, 6) is 2.71. The van der Waals surface area contributed by atoms with Crippen LogP contribution in [0.5, 0.6) is 11.5 Å². The highest BCUT2D eigenvalue weighted by Gasteiger charge is 2.23. The summed E-state index contributed by atoms with van der Waals surface area (Å²) >= 11 is 0. The number of nitrogens with zero attached hydrogens (tertiary/aromatic N) is 3. The zero-order valence-electron chi connectivity index (χ0n) is 13.3. The molecular formula is C16H22N4O3. The number of aromatic nitrogens is 2. The van der Waals surface area contributed by atoms with E-state index in [1.807, 2.05) is 24.3 Å². The number of rotatable bonds is 7. The van der Waals surface area contributed by atoms with Crippen LogP contribution in [-0.4, -0.2) is 40.8 Å². The quantitative estimate of drug-likeness (QED) is 0.829. The molecule has 1 aliphatic rings. The number of para-hydroxylation sites is 2. The Kier molecular flexibility index (Phi) is 5.09. The highest BCUT2D eigenvalue weighted by molar-refractivity contribution is 5.40. The smallest absolute Gasteiger partial charge is 0.240 e. The van der Waals surface area contributed by atoms with Gasteiger partial charge in [-0.2, -0.15) is 4.98 Å². The van der Waals surface area contributed by atoms with Gasteiger partial charge in [0.2, 0.25) is 5.89 Å². The van der Waals surface area contributed by atoms with Crippen LogP contribution in [0.25, 0.3) is 0 Å². The standard InChI is InChI=1S/C16H22N4O3/c1-2-7-20(10-15-18-16(8-17)23-19-15)9-12-11-21-13-5-3-4-6-14(13)22-12/h3-6,12H,2,7-11,17H2,1H3. The van der Waals surface area contributed by atoms with E-state index in [1.54, 1.807) is 0 Å². The molecule has 0 bridgehead atoms. The van der Waals surface area contributed by atoms with Crippen LogP contribution in [0.1, 0.15) is 25.1 Å². The zero-order chi connectivity index (χ0) is 16.1. The van der Waals surface area contributed by atoms with Gasteiger partial charge in [-0.15, -0.1) is 0 Å². The van der Waals surface area contributed by atoms with Gasteiger partial charge in [-0.25, -0.2) is 0 Å². The van der Waals surface area contributed by atoms with Gasteiger partial charge in [-0.05, 0) is 25.1 Å². The first-order valence-electron chi connectivity index (χ1n) is 7.91. The molecular weight excluding hydrogens is 296 g/mol. The van der Waals surface area contributed by atoms with Crippen LogP contribution >= 0.6 is 0 Å². The first-order chi connectivity index (χ1) is 11.3. The highest BCUT2D eigenvalue weighted by atomic mass is 16.6. The van der Waals surface area contributed by atoms with Crippen LogP contribution in [-0.2, 0) is 13.1 Å². The summed E-state index contributed by atoms with van der Waals surface area (Å²) in [6, 6.07) is 7.74. The van der Waals surface area contributed by atoms with Gasteiger partial charge in [0.05, 0.1) is 13.1 Å². The van der Waals surface area contributed by atoms with Crippen LogP contribution in [0.15, 0.2) is 28.8 Å². The minimum Gasteiger partial charge on any atom is -0.486 e. The summed E-state index contributed by atoms with van der Waals surface area (Å²) in [5.41, 5.74) is 5.50. The van der Waals surface area contributed by atoms with Gasteiger partial charge < -0.3 is 19.7 Å². The Bertz CT molecular complexity index is 631. The monoisotopic (exact) mass is 318 g/mol. The molecule has 3 rings (SSSR count). The highest BCUT2D eigenvalue weighted by Crippen LogP contribution is 2.31. The first kappa shape index (κ1) is 15.8. The van der Waals surface area contributed by atoms with E-state index in [2.05, 4.69) is 22.0 Å². The molecule has 0 amide bonds. The predicted octanol–water partition coefficient (Wildman–Crippen LogP) is 1.58. The fraction of sp³-hybridized carbons (Fsp3) is 0.500. The van der Waals surface area contributed by atoms with Crippen LogP contribution in [0, 0.1) is 0 Å². The molecule has 7 nitrogen and oxygen atoms in total. The van der Waals surface area contributed by atoms with Crippen LogP contribution in [0.3, 0.4) is 0 Å². The second kappa shape index (κ2) is 7.43. The lowest BCUT2D eigenvalue weighted by atomic mass is 10.2. The normalized spacial score (nSPS) is 16.7. The summed E-state index contributed by atoms with van der Waals surface area (Å²) in [4.78, 5) is 6.51. The Hall–Kier alpha value is -2.12. The maximum absolute atomic E-state index is 6.02. The van der Waals surface area contributed by atoms with Crippen molar-refractivity contribution in [2.45, 2.75) is 32.5 Å². The number of ether oxygens (including phenoxy) is 2. The molecule has 0 spiro atoms. The maximum Gasteiger partial charge on any atom is 0.240 e. The fourth-order valence-electron chi connectivity index (χ4n) is 2.63. The average Bonchev–Trinajstić information content (AvgIpc) is 3.02. The second-order valence-electron chi connectivity index (χ2n) is 5.54. The molecule has 1 unspecified atom stereocenters. The molecule has 0 fully saturated rings. The Labute approximate surface area is 135 Å². The SMILES string of the molecule is CCCN(Cc1noc(CN)n1)CC1COc2ccccc2O1. The van der Waals surface area contributed by atoms with Crippen molar-refractivity contribution in [3.8, 4) is 11.5 Å². The predicted molar refractivity (Wildman–Crippen MR) is 84.1 cm³/mol. The molecule has 1 aromatic carbocycles. The van der Waals surface area contributed by atoms with E-state index in [9.17, 15) is 0 Å². The Morgan fingerprint density at radius 2 is 2.13 bits per heavy atom. The lowest BCUT2D eigenvalue weighted by Gasteiger charge is -2.30. The fourth-order valence-corrected chi connectivity index (χ4v) is 2.63. The van der Waals surface area contributed by atoms with E-state index in [1.165, 1.54) is 0 Å². The average molecular weight is 318 g/mol. The van der Waals surface area contributed by atoms with Gasteiger partial charge in [0, 0.05) is 6.54 Å². The molecule has 0 saturated heterocycles. The summed E-state index contributed by atoms with van der Waals surface area (Å²) in [7, 11) is 0. The molecule has 1 aliphatic heterocycles. The summed E-state index contributed by atoms with van der Waals surface area (Å²) < 4.78 is 16.9. The molecule has 2 heterocycles. The van der Waals surface area contributed by atoms with Crippen LogP contribution < -0.4 is 15.2 Å². The second-order valence-corrected chi connectivity index (χ2v) is 5.54. The number of benzene rings is 1. The van der Waals surface area contributed by atoms with Crippen molar-refractivity contribution in [2.75, 3.05) is 19.7 Å². The largest absolute Gasteiger partial charge is 0.486 e. The van der Waals surface area contributed by atoms with Crippen LogP contribution in [0.4, 0.5) is 0 Å². The molecule has 23 heavy (non-hydrogen) atoms. The Morgan fingerprint density at radius 1 is 1.30 bits per heavy atom. The summed E-state index contributed by atoms with van der Waals surface area (Å²) in [5, 5.41) is 3.96. The number of nitrogens with two attached hydrogens (primary N) is 1. The number of fused-ring (bicyclic) bond motifs is 1. The minimum absolute atomic E-state index is 0.0164. The molecule has 0 radical (unpaired) electrons. The first-order valence-corrected chi connectivity index (χ1v) is 7.91.